The summed E-state index contributed by atoms with van der Waals surface area (Å²) in [5.74, 6) is 2.67. The summed E-state index contributed by atoms with van der Waals surface area (Å²) >= 11 is 0. The third-order valence-electron chi connectivity index (χ3n) is 5.82. The van der Waals surface area contributed by atoms with Gasteiger partial charge in [0.05, 0.1) is 39.8 Å². The maximum atomic E-state index is 13.3. The van der Waals surface area contributed by atoms with Crippen LogP contribution < -0.4 is 30.1 Å². The standard InChI is InChI=1S/C24H27N3O5.ClH/c1-14-13-27-20(19-11-22(32-6)21(31-5)10-18(14)19)12-23(26(2)24(27)28)25-15-7-16(29-3)9-17(8-15)30-4;/h7-12,14H,13H2,1-6H3;1H. The molecule has 0 N–H and O–H groups in total. The van der Waals surface area contributed by atoms with Crippen molar-refractivity contribution in [1.29, 1.82) is 0 Å². The summed E-state index contributed by atoms with van der Waals surface area (Å²) in [6.07, 6.45) is 0. The Kier molecular flexibility index (Phi) is 7.07. The van der Waals surface area contributed by atoms with Gasteiger partial charge in [-0.25, -0.2) is 9.79 Å². The maximum Gasteiger partial charge on any atom is 0.329 e. The van der Waals surface area contributed by atoms with E-state index in [1.165, 1.54) is 0 Å². The highest BCUT2D eigenvalue weighted by molar-refractivity contribution is 5.85. The number of hydrogen-bond acceptors (Lipinski definition) is 6. The number of fused-ring (bicyclic) bond motifs is 3. The summed E-state index contributed by atoms with van der Waals surface area (Å²) in [6.45, 7) is 2.67. The molecule has 1 aromatic heterocycles. The molecule has 0 bridgehead atoms. The smallest absolute Gasteiger partial charge is 0.329 e. The van der Waals surface area contributed by atoms with Gasteiger partial charge in [0.2, 0.25) is 0 Å². The van der Waals surface area contributed by atoms with Crippen LogP contribution in [-0.4, -0.2) is 37.6 Å². The monoisotopic (exact) mass is 473 g/mol. The zero-order valence-electron chi connectivity index (χ0n) is 19.5. The minimum absolute atomic E-state index is 0. The Balaban J connectivity index is 0.00000306. The maximum absolute atomic E-state index is 13.3. The van der Waals surface area contributed by atoms with E-state index in [1.54, 1.807) is 62.8 Å². The summed E-state index contributed by atoms with van der Waals surface area (Å²) in [4.78, 5) is 18.0. The van der Waals surface area contributed by atoms with Gasteiger partial charge < -0.3 is 18.9 Å². The van der Waals surface area contributed by atoms with Crippen LogP contribution in [-0.2, 0) is 13.6 Å². The molecule has 0 saturated carbocycles. The fourth-order valence-electron chi connectivity index (χ4n) is 4.07. The number of rotatable bonds is 5. The average Bonchev–Trinajstić information content (AvgIpc) is 2.82. The van der Waals surface area contributed by atoms with Gasteiger partial charge in [-0.3, -0.25) is 9.13 Å². The van der Waals surface area contributed by atoms with Crippen LogP contribution in [0.5, 0.6) is 23.0 Å². The van der Waals surface area contributed by atoms with E-state index < -0.39 is 0 Å². The van der Waals surface area contributed by atoms with Gasteiger partial charge in [-0.05, 0) is 17.7 Å². The van der Waals surface area contributed by atoms with Crippen molar-refractivity contribution in [3.63, 3.8) is 0 Å². The van der Waals surface area contributed by atoms with Gasteiger partial charge in [0, 0.05) is 49.3 Å². The number of hydrogen-bond donors (Lipinski definition) is 0. The molecular formula is C24H28ClN3O5. The number of ether oxygens (including phenoxy) is 4. The minimum atomic E-state index is -0.136. The molecule has 0 saturated heterocycles. The van der Waals surface area contributed by atoms with Gasteiger partial charge in [-0.2, -0.15) is 0 Å². The number of methoxy groups -OCH3 is 4. The molecule has 3 aromatic rings. The molecule has 1 aliphatic rings. The van der Waals surface area contributed by atoms with Crippen molar-refractivity contribution in [1.82, 2.24) is 9.13 Å². The number of aromatic nitrogens is 2. The second-order valence-electron chi connectivity index (χ2n) is 7.72. The zero-order valence-corrected chi connectivity index (χ0v) is 20.4. The van der Waals surface area contributed by atoms with Gasteiger partial charge in [-0.15, -0.1) is 12.4 Å². The van der Waals surface area contributed by atoms with E-state index in [4.69, 9.17) is 23.9 Å². The molecule has 0 aliphatic carbocycles. The Morgan fingerprint density at radius 3 is 2.06 bits per heavy atom. The van der Waals surface area contributed by atoms with E-state index in [2.05, 4.69) is 6.92 Å². The molecule has 0 amide bonds. The van der Waals surface area contributed by atoms with Crippen LogP contribution in [0.4, 0.5) is 5.69 Å². The highest BCUT2D eigenvalue weighted by Gasteiger charge is 2.26. The average molecular weight is 474 g/mol. The number of nitrogens with zero attached hydrogens (tertiary/aromatic N) is 3. The van der Waals surface area contributed by atoms with E-state index in [-0.39, 0.29) is 24.0 Å². The summed E-state index contributed by atoms with van der Waals surface area (Å²) in [5.41, 5.74) is 3.83. The van der Waals surface area contributed by atoms with Crippen LogP contribution in [0.1, 0.15) is 18.4 Å². The summed E-state index contributed by atoms with van der Waals surface area (Å²) in [7, 11) is 8.12. The number of halogens is 1. The van der Waals surface area contributed by atoms with Gasteiger partial charge in [0.15, 0.2) is 11.5 Å². The third-order valence-corrected chi connectivity index (χ3v) is 5.82. The van der Waals surface area contributed by atoms with Crippen LogP contribution in [0.3, 0.4) is 0 Å². The van der Waals surface area contributed by atoms with Crippen molar-refractivity contribution in [2.45, 2.75) is 19.4 Å². The van der Waals surface area contributed by atoms with Gasteiger partial charge in [0.25, 0.3) is 0 Å². The van der Waals surface area contributed by atoms with Crippen molar-refractivity contribution in [3.05, 3.63) is 57.9 Å². The van der Waals surface area contributed by atoms with Crippen LogP contribution in [0.2, 0.25) is 0 Å². The second-order valence-corrected chi connectivity index (χ2v) is 7.72. The quantitative estimate of drug-likeness (QED) is 0.565. The van der Waals surface area contributed by atoms with Crippen LogP contribution in [0, 0.1) is 0 Å². The van der Waals surface area contributed by atoms with Gasteiger partial charge in [-0.1, -0.05) is 6.92 Å². The van der Waals surface area contributed by atoms with Crippen LogP contribution >= 0.6 is 12.4 Å². The van der Waals surface area contributed by atoms with Crippen LogP contribution in [0.15, 0.2) is 46.2 Å². The lowest BCUT2D eigenvalue weighted by atomic mass is 9.89. The molecule has 4 rings (SSSR count). The Hall–Kier alpha value is -3.39. The van der Waals surface area contributed by atoms with Gasteiger partial charge in [0.1, 0.15) is 17.0 Å². The molecule has 0 radical (unpaired) electrons. The fourth-order valence-corrected chi connectivity index (χ4v) is 4.07. The topological polar surface area (TPSA) is 76.2 Å². The molecular weight excluding hydrogens is 446 g/mol. The first-order valence-electron chi connectivity index (χ1n) is 10.2. The van der Waals surface area contributed by atoms with E-state index in [1.807, 2.05) is 18.2 Å². The predicted octanol–water partition coefficient (Wildman–Crippen LogP) is 3.66. The zero-order chi connectivity index (χ0) is 23.0. The molecule has 33 heavy (non-hydrogen) atoms. The summed E-state index contributed by atoms with van der Waals surface area (Å²) < 4.78 is 25.0. The lowest BCUT2D eigenvalue weighted by Crippen LogP contribution is -2.41. The SMILES string of the molecule is COc1cc(N=c2cc3n(c(=O)n2C)CC(C)c2cc(OC)c(OC)cc2-3)cc(OC)c1.Cl. The van der Waals surface area contributed by atoms with E-state index in [0.717, 1.165) is 16.8 Å². The minimum Gasteiger partial charge on any atom is -0.497 e. The molecule has 1 unspecified atom stereocenters. The first-order chi connectivity index (χ1) is 15.4. The second kappa shape index (κ2) is 9.62. The number of benzene rings is 2. The van der Waals surface area contributed by atoms with Crippen LogP contribution in [0.25, 0.3) is 11.3 Å². The van der Waals surface area contributed by atoms with Crippen molar-refractivity contribution < 1.29 is 18.9 Å². The Bertz CT molecular complexity index is 1290. The lowest BCUT2D eigenvalue weighted by molar-refractivity contribution is 0.354. The lowest BCUT2D eigenvalue weighted by Gasteiger charge is -2.28. The van der Waals surface area contributed by atoms with Gasteiger partial charge >= 0.3 is 5.69 Å². The van der Waals surface area contributed by atoms with E-state index in [9.17, 15) is 4.79 Å². The van der Waals surface area contributed by atoms with Crippen molar-refractivity contribution in [2.75, 3.05) is 28.4 Å². The van der Waals surface area contributed by atoms with Crippen molar-refractivity contribution in [3.8, 4) is 34.3 Å². The molecule has 9 heteroatoms. The van der Waals surface area contributed by atoms with E-state index >= 15 is 0 Å². The molecule has 176 valence electrons. The fraction of sp³-hybridized carbons (Fsp3) is 0.333. The summed E-state index contributed by atoms with van der Waals surface area (Å²) in [6, 6.07) is 11.2. The Morgan fingerprint density at radius 1 is 0.879 bits per heavy atom. The highest BCUT2D eigenvalue weighted by atomic mass is 35.5. The van der Waals surface area contributed by atoms with Crippen molar-refractivity contribution >= 4 is 18.1 Å². The molecule has 1 atom stereocenters. The molecule has 2 aromatic carbocycles. The first kappa shape index (κ1) is 24.3. The normalized spacial score (nSPS) is 14.6. The molecule has 8 nitrogen and oxygen atoms in total. The molecule has 2 heterocycles. The van der Waals surface area contributed by atoms with Crippen molar-refractivity contribution in [2.24, 2.45) is 12.0 Å². The first-order valence-corrected chi connectivity index (χ1v) is 10.2. The third kappa shape index (κ3) is 4.30. The predicted molar refractivity (Wildman–Crippen MR) is 129 cm³/mol. The highest BCUT2D eigenvalue weighted by Crippen LogP contribution is 2.41. The molecule has 0 spiro atoms. The Labute approximate surface area is 198 Å². The Morgan fingerprint density at radius 2 is 1.48 bits per heavy atom. The largest absolute Gasteiger partial charge is 0.497 e. The molecule has 0 fully saturated rings. The van der Waals surface area contributed by atoms with E-state index in [0.29, 0.717) is 40.7 Å². The molecule has 1 aliphatic heterocycles. The summed E-state index contributed by atoms with van der Waals surface area (Å²) in [5, 5.41) is 0.